The number of carbonyl (C=O) groups excluding carboxylic acids is 5. The predicted molar refractivity (Wildman–Crippen MR) is 282 cm³/mol. The molecule has 2 unspecified atom stereocenters. The number of carbonyl (C=O) groups is 5. The summed E-state index contributed by atoms with van der Waals surface area (Å²) >= 11 is 0. The van der Waals surface area contributed by atoms with E-state index in [4.69, 9.17) is 19.9 Å². The summed E-state index contributed by atoms with van der Waals surface area (Å²) in [5.41, 5.74) is 10.2. The second kappa shape index (κ2) is 26.8. The number of amides is 1. The number of nitrogens with zero attached hydrogens (tertiary/aromatic N) is 2. The Morgan fingerprint density at radius 1 is 0.521 bits per heavy atom. The number of benzene rings is 4. The van der Waals surface area contributed by atoms with Crippen molar-refractivity contribution in [3.8, 4) is 0 Å². The van der Waals surface area contributed by atoms with Crippen molar-refractivity contribution in [1.29, 1.82) is 0 Å². The molecular formula is C58H74N4O9. The molecule has 0 fully saturated rings. The highest BCUT2D eigenvalue weighted by Gasteiger charge is 2.26. The molecule has 0 bridgehead atoms. The smallest absolute Gasteiger partial charge is 0.444 e. The maximum atomic E-state index is 13.3. The molecule has 4 aromatic carbocycles. The average molecular weight is 971 g/mol. The van der Waals surface area contributed by atoms with E-state index in [1.165, 1.54) is 11.1 Å². The zero-order valence-corrected chi connectivity index (χ0v) is 42.6. The number of Topliss-reactive ketones (excluding diaryl/α,β-unsaturated/α-hetero) is 2. The number of aromatic nitrogens is 2. The van der Waals surface area contributed by atoms with Crippen LogP contribution in [0.5, 0.6) is 0 Å². The van der Waals surface area contributed by atoms with Gasteiger partial charge in [0.25, 0.3) is 0 Å². The molecule has 0 saturated carbocycles. The van der Waals surface area contributed by atoms with Gasteiger partial charge in [-0.1, -0.05) is 106 Å². The second-order valence-electron chi connectivity index (χ2n) is 19.8. The number of aryl methyl sites for hydroxylation is 2. The molecule has 0 spiro atoms. The highest BCUT2D eigenvalue weighted by molar-refractivity contribution is 5.91. The maximum absolute atomic E-state index is 13.3. The van der Waals surface area contributed by atoms with Crippen LogP contribution in [0.3, 0.4) is 0 Å². The highest BCUT2D eigenvalue weighted by Crippen LogP contribution is 2.24. The van der Waals surface area contributed by atoms with Crippen molar-refractivity contribution in [2.45, 2.75) is 138 Å². The number of nitrogens with one attached hydrogen (secondary N) is 1. The van der Waals surface area contributed by atoms with Gasteiger partial charge in [0.2, 0.25) is 0 Å². The summed E-state index contributed by atoms with van der Waals surface area (Å²) in [7, 11) is 0. The molecule has 1 amide bonds. The normalized spacial score (nSPS) is 12.1. The molecule has 71 heavy (non-hydrogen) atoms. The first-order chi connectivity index (χ1) is 32.9. The Kier molecular flexibility index (Phi) is 22.0. The minimum absolute atomic E-state index is 0. The van der Waals surface area contributed by atoms with Gasteiger partial charge in [0.15, 0.2) is 0 Å². The van der Waals surface area contributed by atoms with Crippen molar-refractivity contribution in [3.05, 3.63) is 155 Å². The van der Waals surface area contributed by atoms with Gasteiger partial charge in [-0.05, 0) is 131 Å². The third-order valence-corrected chi connectivity index (χ3v) is 10.6. The molecule has 6 rings (SSSR count). The summed E-state index contributed by atoms with van der Waals surface area (Å²) in [5.74, 6) is -0.487. The molecule has 2 atom stereocenters. The number of pyridine rings is 2. The highest BCUT2D eigenvalue weighted by atomic mass is 16.8. The molecule has 3 N–H and O–H groups in total. The first kappa shape index (κ1) is 58.3. The Morgan fingerprint density at radius 3 is 1.28 bits per heavy atom. The van der Waals surface area contributed by atoms with Crippen LogP contribution in [0.1, 0.15) is 129 Å². The molecule has 6 aromatic rings. The van der Waals surface area contributed by atoms with Crippen LogP contribution in [0.2, 0.25) is 0 Å². The van der Waals surface area contributed by atoms with Crippen LogP contribution in [-0.4, -0.2) is 69.8 Å². The number of rotatable bonds is 13. The number of alkyl carbamates (subject to hydrolysis) is 1. The first-order valence-electron chi connectivity index (χ1n) is 23.6. The number of ketones is 2. The number of fused-ring (bicyclic) bond motifs is 2. The quantitative estimate of drug-likeness (QED) is 0.0634. The fourth-order valence-electron chi connectivity index (χ4n) is 7.09. The Hall–Kier alpha value is -6.99. The van der Waals surface area contributed by atoms with E-state index >= 15 is 0 Å². The van der Waals surface area contributed by atoms with Gasteiger partial charge < -0.3 is 30.0 Å². The third kappa shape index (κ3) is 20.5. The monoisotopic (exact) mass is 971 g/mol. The van der Waals surface area contributed by atoms with Crippen molar-refractivity contribution in [1.82, 2.24) is 15.3 Å². The van der Waals surface area contributed by atoms with Gasteiger partial charge >= 0.3 is 18.4 Å². The number of hydrogen-bond acceptors (Lipinski definition) is 12. The van der Waals surface area contributed by atoms with Crippen molar-refractivity contribution < 1.29 is 42.9 Å². The van der Waals surface area contributed by atoms with Crippen molar-refractivity contribution >= 4 is 51.5 Å². The van der Waals surface area contributed by atoms with Gasteiger partial charge in [-0.2, -0.15) is 0 Å². The molecule has 380 valence electrons. The SMILES string of the molecule is C.CC(C)(C)OC(=O)OC(=O)OC(C)(C)C.CCc1ccc(C(CN)C(=O)Cc2ccc3cnccc3c2)cc1.CCc1ccc(C(CNC(=O)OC(C)(C)C)C(=O)Cc2ccc3cnccc3c2)cc1. The lowest BCUT2D eigenvalue weighted by Crippen LogP contribution is -2.36. The zero-order valence-electron chi connectivity index (χ0n) is 42.6. The largest absolute Gasteiger partial charge is 0.519 e. The maximum Gasteiger partial charge on any atom is 0.519 e. The van der Waals surface area contributed by atoms with Crippen molar-refractivity contribution in [3.63, 3.8) is 0 Å². The van der Waals surface area contributed by atoms with E-state index in [1.807, 2.05) is 112 Å². The zero-order chi connectivity index (χ0) is 51.6. The number of hydrogen-bond donors (Lipinski definition) is 2. The molecule has 2 heterocycles. The summed E-state index contributed by atoms with van der Waals surface area (Å²) in [4.78, 5) is 68.5. The third-order valence-electron chi connectivity index (χ3n) is 10.6. The van der Waals surface area contributed by atoms with E-state index in [0.29, 0.717) is 13.0 Å². The van der Waals surface area contributed by atoms with E-state index in [-0.39, 0.29) is 37.9 Å². The number of ether oxygens (including phenoxy) is 4. The lowest BCUT2D eigenvalue weighted by Gasteiger charge is -2.22. The van der Waals surface area contributed by atoms with E-state index in [2.05, 4.69) is 52.1 Å². The lowest BCUT2D eigenvalue weighted by atomic mass is 9.90. The van der Waals surface area contributed by atoms with Crippen molar-refractivity contribution in [2.24, 2.45) is 5.73 Å². The van der Waals surface area contributed by atoms with Crippen LogP contribution >= 0.6 is 0 Å². The summed E-state index contributed by atoms with van der Waals surface area (Å²) < 4.78 is 19.1. The van der Waals surface area contributed by atoms with Crippen LogP contribution in [0.25, 0.3) is 21.5 Å². The van der Waals surface area contributed by atoms with Gasteiger partial charge in [0.1, 0.15) is 28.4 Å². The van der Waals surface area contributed by atoms with Gasteiger partial charge in [-0.3, -0.25) is 19.6 Å². The fraction of sp³-hybridized carbons (Fsp3) is 0.397. The second-order valence-corrected chi connectivity index (χ2v) is 19.8. The molecule has 0 aliphatic carbocycles. The van der Waals surface area contributed by atoms with Gasteiger partial charge in [-0.15, -0.1) is 0 Å². The molecule has 13 heteroatoms. The van der Waals surface area contributed by atoms with Gasteiger partial charge in [-0.25, -0.2) is 14.4 Å². The molecule has 13 nitrogen and oxygen atoms in total. The van der Waals surface area contributed by atoms with Gasteiger partial charge in [0, 0.05) is 61.5 Å². The summed E-state index contributed by atoms with van der Waals surface area (Å²) in [6.45, 7) is 20.2. The molecular weight excluding hydrogens is 897 g/mol. The summed E-state index contributed by atoms with van der Waals surface area (Å²) in [6.07, 6.45) is 7.13. The Morgan fingerprint density at radius 2 is 0.901 bits per heavy atom. The topological polar surface area (TPSA) is 186 Å². The first-order valence-corrected chi connectivity index (χ1v) is 23.6. The van der Waals surface area contributed by atoms with Crippen LogP contribution < -0.4 is 11.1 Å². The lowest BCUT2D eigenvalue weighted by molar-refractivity contribution is -0.120. The minimum Gasteiger partial charge on any atom is -0.444 e. The van der Waals surface area contributed by atoms with Gasteiger partial charge in [0.05, 0.1) is 11.8 Å². The van der Waals surface area contributed by atoms with E-state index in [9.17, 15) is 24.0 Å². The molecule has 0 aliphatic heterocycles. The van der Waals surface area contributed by atoms with Crippen molar-refractivity contribution in [2.75, 3.05) is 13.1 Å². The predicted octanol–water partition coefficient (Wildman–Crippen LogP) is 12.4. The van der Waals surface area contributed by atoms with Crippen LogP contribution in [0.4, 0.5) is 14.4 Å². The molecule has 0 aliphatic rings. The minimum atomic E-state index is -1.06. The number of nitrogens with two attached hydrogens (primary N) is 1. The van der Waals surface area contributed by atoms with Crippen LogP contribution in [0, 0.1) is 0 Å². The summed E-state index contributed by atoms with van der Waals surface area (Å²) in [6, 6.07) is 32.2. The van der Waals surface area contributed by atoms with E-state index in [0.717, 1.165) is 56.6 Å². The Balaban J connectivity index is 0.000000297. The van der Waals surface area contributed by atoms with E-state index < -0.39 is 41.1 Å². The summed E-state index contributed by atoms with van der Waals surface area (Å²) in [5, 5.41) is 7.05. The fourth-order valence-corrected chi connectivity index (χ4v) is 7.09. The van der Waals surface area contributed by atoms with Crippen LogP contribution in [-0.2, 0) is 54.2 Å². The van der Waals surface area contributed by atoms with E-state index in [1.54, 1.807) is 53.9 Å². The molecule has 0 saturated heterocycles. The molecule has 0 radical (unpaired) electrons. The Bertz CT molecular complexity index is 2650. The Labute approximate surface area is 420 Å². The standard InChI is InChI=1S/C26H30N2O3.C21H22N2O.C10H18O5.CH4/c1-5-18-6-9-20(10-7-18)23(17-28-25(30)31-26(2,3)4)24(29)15-19-8-11-22-16-27-13-12-21(22)14-19;1-2-15-3-6-17(7-4-15)20(13-22)21(24)12-16-5-8-19-14-23-10-9-18(19)11-16;1-9(2,3)14-7(11)13-8(12)15-10(4,5)6;/h6-14,16,23H,5,15,17H2,1-4H3,(H,28,30);3-11,14,20H,2,12-13,22H2,1H3;1-6H3;1H4. The van der Waals surface area contributed by atoms with Crippen LogP contribution in [0.15, 0.2) is 122 Å². The average Bonchev–Trinajstić information content (AvgIpc) is 3.28. The molecule has 2 aromatic heterocycles.